The number of carbonyl (C=O) groups excluding carboxylic acids is 2. The van der Waals surface area contributed by atoms with Crippen LogP contribution in [-0.2, 0) is 9.59 Å². The average molecular weight is 375 g/mol. The fraction of sp³-hybridized carbons (Fsp3) is 0.579. The minimum atomic E-state index is -0.289. The molecule has 3 aliphatic rings. The minimum Gasteiger partial charge on any atom is -0.497 e. The summed E-state index contributed by atoms with van der Waals surface area (Å²) in [6.07, 6.45) is 1.42. The number of nitrogens with zero attached hydrogens (tertiary/aromatic N) is 3. The molecule has 1 aromatic carbocycles. The van der Waals surface area contributed by atoms with E-state index in [1.54, 1.807) is 18.9 Å². The monoisotopic (exact) mass is 375 g/mol. The van der Waals surface area contributed by atoms with Crippen LogP contribution in [0.25, 0.3) is 0 Å². The van der Waals surface area contributed by atoms with Crippen LogP contribution in [0, 0.1) is 0 Å². The Kier molecular flexibility index (Phi) is 4.50. The standard InChI is InChI=1S/C19H25N3O3S/c1-19-7-6-17(23)22(19)16(13-26-19)18(24)21-10-8-20(9-11-21)14-4-3-5-15(12-14)25-2/h3-5,12,16H,6-11,13H2,1-2H3/t16-,19+/m0/s1. The van der Waals surface area contributed by atoms with Gasteiger partial charge in [-0.15, -0.1) is 11.8 Å². The van der Waals surface area contributed by atoms with E-state index in [4.69, 9.17) is 4.74 Å². The lowest BCUT2D eigenvalue weighted by Gasteiger charge is -2.39. The molecule has 3 heterocycles. The first-order valence-corrected chi connectivity index (χ1v) is 10.1. The smallest absolute Gasteiger partial charge is 0.246 e. The summed E-state index contributed by atoms with van der Waals surface area (Å²) >= 11 is 1.75. The molecule has 0 aliphatic carbocycles. The van der Waals surface area contributed by atoms with E-state index >= 15 is 0 Å². The number of anilines is 1. The third kappa shape index (κ3) is 2.92. The lowest BCUT2D eigenvalue weighted by molar-refractivity contribution is -0.143. The van der Waals surface area contributed by atoms with Crippen molar-refractivity contribution < 1.29 is 14.3 Å². The topological polar surface area (TPSA) is 53.1 Å². The Morgan fingerprint density at radius 2 is 2.04 bits per heavy atom. The molecule has 7 heteroatoms. The fourth-order valence-corrected chi connectivity index (χ4v) is 5.63. The Labute approximate surface area is 158 Å². The Morgan fingerprint density at radius 3 is 2.77 bits per heavy atom. The van der Waals surface area contributed by atoms with Crippen molar-refractivity contribution in [3.63, 3.8) is 0 Å². The molecule has 0 saturated carbocycles. The van der Waals surface area contributed by atoms with Gasteiger partial charge >= 0.3 is 0 Å². The van der Waals surface area contributed by atoms with Crippen LogP contribution in [0.15, 0.2) is 24.3 Å². The van der Waals surface area contributed by atoms with Crippen LogP contribution in [0.4, 0.5) is 5.69 Å². The van der Waals surface area contributed by atoms with Crippen LogP contribution >= 0.6 is 11.8 Å². The third-order valence-corrected chi connectivity index (χ3v) is 7.24. The zero-order valence-corrected chi connectivity index (χ0v) is 16.1. The normalized spacial score (nSPS) is 28.5. The number of hydrogen-bond acceptors (Lipinski definition) is 5. The van der Waals surface area contributed by atoms with Crippen molar-refractivity contribution in [2.75, 3.05) is 43.9 Å². The van der Waals surface area contributed by atoms with Crippen LogP contribution in [-0.4, -0.2) is 71.6 Å². The van der Waals surface area contributed by atoms with Crippen molar-refractivity contribution in [1.82, 2.24) is 9.80 Å². The molecule has 0 unspecified atom stereocenters. The Morgan fingerprint density at radius 1 is 1.27 bits per heavy atom. The largest absolute Gasteiger partial charge is 0.497 e. The van der Waals surface area contributed by atoms with E-state index in [0.717, 1.165) is 36.7 Å². The van der Waals surface area contributed by atoms with Gasteiger partial charge in [-0.05, 0) is 25.5 Å². The van der Waals surface area contributed by atoms with Gasteiger partial charge in [-0.3, -0.25) is 9.59 Å². The number of hydrogen-bond donors (Lipinski definition) is 0. The maximum atomic E-state index is 13.1. The van der Waals surface area contributed by atoms with Gasteiger partial charge in [-0.25, -0.2) is 0 Å². The number of piperazine rings is 1. The van der Waals surface area contributed by atoms with Gasteiger partial charge in [0.25, 0.3) is 0 Å². The van der Waals surface area contributed by atoms with E-state index in [2.05, 4.69) is 17.9 Å². The highest BCUT2D eigenvalue weighted by Crippen LogP contribution is 2.47. The first-order valence-electron chi connectivity index (χ1n) is 9.16. The molecular formula is C19H25N3O3S. The van der Waals surface area contributed by atoms with E-state index < -0.39 is 0 Å². The number of benzene rings is 1. The number of fused-ring (bicyclic) bond motifs is 1. The maximum Gasteiger partial charge on any atom is 0.246 e. The number of carbonyl (C=O) groups is 2. The number of amides is 2. The molecule has 26 heavy (non-hydrogen) atoms. The number of rotatable bonds is 3. The molecule has 3 fully saturated rings. The molecule has 0 spiro atoms. The molecule has 0 bridgehead atoms. The molecule has 4 rings (SSSR count). The highest BCUT2D eigenvalue weighted by molar-refractivity contribution is 8.01. The van der Waals surface area contributed by atoms with Gasteiger partial charge in [-0.2, -0.15) is 0 Å². The van der Waals surface area contributed by atoms with E-state index in [0.29, 0.717) is 19.5 Å². The van der Waals surface area contributed by atoms with Crippen molar-refractivity contribution in [3.8, 4) is 5.75 Å². The molecule has 0 N–H and O–H groups in total. The summed E-state index contributed by atoms with van der Waals surface area (Å²) < 4.78 is 5.30. The molecule has 6 nitrogen and oxygen atoms in total. The molecular weight excluding hydrogens is 350 g/mol. The SMILES string of the molecule is COc1cccc(N2CCN(C(=O)[C@@H]3CS[C@]4(C)CCC(=O)N34)CC2)c1. The zero-order valence-electron chi connectivity index (χ0n) is 15.3. The van der Waals surface area contributed by atoms with Gasteiger partial charge in [-0.1, -0.05) is 6.07 Å². The number of thioether (sulfide) groups is 1. The van der Waals surface area contributed by atoms with Crippen molar-refractivity contribution in [2.24, 2.45) is 0 Å². The van der Waals surface area contributed by atoms with E-state index in [1.807, 2.05) is 28.0 Å². The molecule has 2 amide bonds. The fourth-order valence-electron chi connectivity index (χ4n) is 4.21. The average Bonchev–Trinajstić information content (AvgIpc) is 3.17. The summed E-state index contributed by atoms with van der Waals surface area (Å²) in [5.74, 6) is 1.81. The van der Waals surface area contributed by atoms with Crippen LogP contribution < -0.4 is 9.64 Å². The van der Waals surface area contributed by atoms with Crippen molar-refractivity contribution in [2.45, 2.75) is 30.7 Å². The highest BCUT2D eigenvalue weighted by Gasteiger charge is 2.53. The second kappa shape index (κ2) is 6.68. The van der Waals surface area contributed by atoms with Crippen molar-refractivity contribution >= 4 is 29.3 Å². The van der Waals surface area contributed by atoms with Gasteiger partial charge < -0.3 is 19.4 Å². The van der Waals surface area contributed by atoms with Crippen molar-refractivity contribution in [3.05, 3.63) is 24.3 Å². The molecule has 140 valence electrons. The highest BCUT2D eigenvalue weighted by atomic mass is 32.2. The lowest BCUT2D eigenvalue weighted by Crippen LogP contribution is -2.56. The molecule has 0 radical (unpaired) electrons. The summed E-state index contributed by atoms with van der Waals surface area (Å²) in [6.45, 7) is 5.07. The van der Waals surface area contributed by atoms with Gasteiger partial charge in [0, 0.05) is 50.1 Å². The van der Waals surface area contributed by atoms with Gasteiger partial charge in [0.05, 0.1) is 12.0 Å². The third-order valence-electron chi connectivity index (χ3n) is 5.74. The Bertz CT molecular complexity index is 720. The molecule has 3 aliphatic heterocycles. The summed E-state index contributed by atoms with van der Waals surface area (Å²) in [6, 6.07) is 7.73. The summed E-state index contributed by atoms with van der Waals surface area (Å²) in [5.41, 5.74) is 1.12. The molecule has 2 atom stereocenters. The van der Waals surface area contributed by atoms with E-state index in [-0.39, 0.29) is 22.7 Å². The first kappa shape index (κ1) is 17.5. The van der Waals surface area contributed by atoms with Crippen LogP contribution in [0.5, 0.6) is 5.75 Å². The minimum absolute atomic E-state index is 0.113. The van der Waals surface area contributed by atoms with Gasteiger partial charge in [0.15, 0.2) is 0 Å². The van der Waals surface area contributed by atoms with Gasteiger partial charge in [0.2, 0.25) is 11.8 Å². The maximum absolute atomic E-state index is 13.1. The molecule has 0 aromatic heterocycles. The summed E-state index contributed by atoms with van der Waals surface area (Å²) in [7, 11) is 1.67. The predicted molar refractivity (Wildman–Crippen MR) is 103 cm³/mol. The number of methoxy groups -OCH3 is 1. The Balaban J connectivity index is 1.40. The summed E-state index contributed by atoms with van der Waals surface area (Å²) in [4.78, 5) is 31.2. The lowest BCUT2D eigenvalue weighted by atomic mass is 10.1. The van der Waals surface area contributed by atoms with E-state index in [1.165, 1.54) is 0 Å². The summed E-state index contributed by atoms with van der Waals surface area (Å²) in [5, 5.41) is 0. The van der Waals surface area contributed by atoms with Crippen LogP contribution in [0.3, 0.4) is 0 Å². The molecule has 3 saturated heterocycles. The van der Waals surface area contributed by atoms with Crippen LogP contribution in [0.1, 0.15) is 19.8 Å². The number of ether oxygens (including phenoxy) is 1. The second-order valence-electron chi connectivity index (χ2n) is 7.28. The van der Waals surface area contributed by atoms with E-state index in [9.17, 15) is 9.59 Å². The quantitative estimate of drug-likeness (QED) is 0.806. The molecule has 1 aromatic rings. The van der Waals surface area contributed by atoms with Crippen LogP contribution in [0.2, 0.25) is 0 Å². The zero-order chi connectivity index (χ0) is 18.3. The predicted octanol–water partition coefficient (Wildman–Crippen LogP) is 1.80. The Hall–Kier alpha value is -1.89. The van der Waals surface area contributed by atoms with Gasteiger partial charge in [0.1, 0.15) is 11.8 Å². The first-order chi connectivity index (χ1) is 12.5. The van der Waals surface area contributed by atoms with Crippen molar-refractivity contribution in [1.29, 1.82) is 0 Å². The second-order valence-corrected chi connectivity index (χ2v) is 8.78.